The van der Waals surface area contributed by atoms with Gasteiger partial charge in [0.05, 0.1) is 0 Å². The molecule has 0 aromatic rings. The minimum absolute atomic E-state index is 0.246. The molecule has 0 aromatic carbocycles. The molecule has 1 saturated heterocycles. The zero-order valence-electron chi connectivity index (χ0n) is 11.6. The summed E-state index contributed by atoms with van der Waals surface area (Å²) in [5, 5.41) is 8.93. The summed E-state index contributed by atoms with van der Waals surface area (Å²) in [5.41, 5.74) is -4.12. The van der Waals surface area contributed by atoms with Gasteiger partial charge in [0.15, 0.2) is 5.41 Å². The quantitative estimate of drug-likeness (QED) is 0.857. The lowest BCUT2D eigenvalue weighted by Gasteiger charge is -2.32. The van der Waals surface area contributed by atoms with Crippen molar-refractivity contribution in [1.29, 1.82) is 0 Å². The molecule has 1 N–H and O–H groups in total. The number of carbonyl (C=O) groups is 2. The minimum atomic E-state index is -4.90. The SMILES string of the molecule is CCC(C)(OC)C(=O)N1CCC(C(=O)O)(C(F)(F)F)C1. The molecule has 8 heteroatoms. The Labute approximate surface area is 114 Å². The van der Waals surface area contributed by atoms with Crippen LogP contribution in [0.1, 0.15) is 26.7 Å². The normalized spacial score (nSPS) is 26.4. The van der Waals surface area contributed by atoms with E-state index in [1.807, 2.05) is 0 Å². The predicted molar refractivity (Wildman–Crippen MR) is 63.0 cm³/mol. The fourth-order valence-electron chi connectivity index (χ4n) is 2.23. The molecule has 0 aromatic heterocycles. The van der Waals surface area contributed by atoms with Gasteiger partial charge >= 0.3 is 12.1 Å². The molecule has 1 aliphatic heterocycles. The molecular weight excluding hydrogens is 279 g/mol. The fourth-order valence-corrected chi connectivity index (χ4v) is 2.23. The van der Waals surface area contributed by atoms with E-state index >= 15 is 0 Å². The monoisotopic (exact) mass is 297 g/mol. The van der Waals surface area contributed by atoms with Gasteiger partial charge in [0.1, 0.15) is 5.60 Å². The van der Waals surface area contributed by atoms with Gasteiger partial charge in [0, 0.05) is 20.2 Å². The highest BCUT2D eigenvalue weighted by molar-refractivity contribution is 5.87. The maximum atomic E-state index is 13.0. The highest BCUT2D eigenvalue weighted by atomic mass is 19.4. The summed E-state index contributed by atoms with van der Waals surface area (Å²) < 4.78 is 44.1. The van der Waals surface area contributed by atoms with Crippen LogP contribution in [0.3, 0.4) is 0 Å². The number of nitrogens with zero attached hydrogens (tertiary/aromatic N) is 1. The average Bonchev–Trinajstić information content (AvgIpc) is 2.82. The Morgan fingerprint density at radius 3 is 2.25 bits per heavy atom. The largest absolute Gasteiger partial charge is 0.481 e. The van der Waals surface area contributed by atoms with Crippen LogP contribution in [-0.4, -0.2) is 53.9 Å². The van der Waals surface area contributed by atoms with Crippen LogP contribution in [0.15, 0.2) is 0 Å². The Kier molecular flexibility index (Phi) is 4.38. The fraction of sp³-hybridized carbons (Fsp3) is 0.833. The summed E-state index contributed by atoms with van der Waals surface area (Å²) >= 11 is 0. The Morgan fingerprint density at radius 1 is 1.40 bits per heavy atom. The van der Waals surface area contributed by atoms with Gasteiger partial charge in [-0.2, -0.15) is 13.2 Å². The van der Waals surface area contributed by atoms with Crippen molar-refractivity contribution in [3.05, 3.63) is 0 Å². The topological polar surface area (TPSA) is 66.8 Å². The summed E-state index contributed by atoms with van der Waals surface area (Å²) in [4.78, 5) is 24.2. The van der Waals surface area contributed by atoms with Gasteiger partial charge in [0.25, 0.3) is 5.91 Å². The highest BCUT2D eigenvalue weighted by Crippen LogP contribution is 2.46. The molecule has 0 radical (unpaired) electrons. The van der Waals surface area contributed by atoms with E-state index in [1.54, 1.807) is 6.92 Å². The van der Waals surface area contributed by atoms with Crippen LogP contribution in [0.5, 0.6) is 0 Å². The number of carbonyl (C=O) groups excluding carboxylic acids is 1. The molecule has 1 rings (SSSR count). The number of aliphatic carboxylic acids is 1. The molecular formula is C12H18F3NO4. The summed E-state index contributed by atoms with van der Waals surface area (Å²) in [7, 11) is 1.30. The van der Waals surface area contributed by atoms with E-state index in [0.29, 0.717) is 0 Å². The Bertz CT molecular complexity index is 406. The van der Waals surface area contributed by atoms with E-state index in [0.717, 1.165) is 4.90 Å². The van der Waals surface area contributed by atoms with Crippen LogP contribution < -0.4 is 0 Å². The van der Waals surface area contributed by atoms with Crippen LogP contribution in [-0.2, 0) is 14.3 Å². The molecule has 1 heterocycles. The third-order valence-corrected chi connectivity index (χ3v) is 4.09. The number of hydrogen-bond acceptors (Lipinski definition) is 3. The second-order valence-corrected chi connectivity index (χ2v) is 5.15. The first-order valence-electron chi connectivity index (χ1n) is 6.19. The second-order valence-electron chi connectivity index (χ2n) is 5.15. The maximum absolute atomic E-state index is 13.0. The highest BCUT2D eigenvalue weighted by Gasteiger charge is 2.64. The molecule has 1 fully saturated rings. The van der Waals surface area contributed by atoms with E-state index in [4.69, 9.17) is 9.84 Å². The first-order valence-corrected chi connectivity index (χ1v) is 6.19. The van der Waals surface area contributed by atoms with Crippen molar-refractivity contribution in [2.24, 2.45) is 5.41 Å². The van der Waals surface area contributed by atoms with E-state index < -0.39 is 42.0 Å². The number of likely N-dealkylation sites (tertiary alicyclic amines) is 1. The molecule has 5 nitrogen and oxygen atoms in total. The van der Waals surface area contributed by atoms with Gasteiger partial charge in [-0.3, -0.25) is 9.59 Å². The molecule has 20 heavy (non-hydrogen) atoms. The van der Waals surface area contributed by atoms with Crippen molar-refractivity contribution in [1.82, 2.24) is 4.90 Å². The number of carboxylic acids is 1. The number of methoxy groups -OCH3 is 1. The molecule has 0 saturated carbocycles. The zero-order valence-corrected chi connectivity index (χ0v) is 11.6. The van der Waals surface area contributed by atoms with Crippen LogP contribution in [0.25, 0.3) is 0 Å². The third kappa shape index (κ3) is 2.48. The third-order valence-electron chi connectivity index (χ3n) is 4.09. The van der Waals surface area contributed by atoms with Crippen molar-refractivity contribution in [3.8, 4) is 0 Å². The van der Waals surface area contributed by atoms with E-state index in [2.05, 4.69) is 0 Å². The first kappa shape index (κ1) is 16.7. The van der Waals surface area contributed by atoms with E-state index in [1.165, 1.54) is 14.0 Å². The molecule has 2 atom stereocenters. The van der Waals surface area contributed by atoms with Gasteiger partial charge < -0.3 is 14.7 Å². The van der Waals surface area contributed by atoms with Crippen molar-refractivity contribution in [2.75, 3.05) is 20.2 Å². The van der Waals surface area contributed by atoms with Crippen molar-refractivity contribution in [3.63, 3.8) is 0 Å². The number of carboxylic acid groups (broad SMARTS) is 1. The van der Waals surface area contributed by atoms with Gasteiger partial charge in [-0.15, -0.1) is 0 Å². The van der Waals surface area contributed by atoms with Crippen molar-refractivity contribution in [2.45, 2.75) is 38.5 Å². The Balaban J connectivity index is 3.01. The van der Waals surface area contributed by atoms with E-state index in [9.17, 15) is 22.8 Å². The summed E-state index contributed by atoms with van der Waals surface area (Å²) in [6, 6.07) is 0. The van der Waals surface area contributed by atoms with Crippen LogP contribution in [0.4, 0.5) is 13.2 Å². The zero-order chi connectivity index (χ0) is 15.8. The number of alkyl halides is 3. The summed E-state index contributed by atoms with van der Waals surface area (Å²) in [5.74, 6) is -2.56. The molecule has 1 aliphatic rings. The minimum Gasteiger partial charge on any atom is -0.481 e. The van der Waals surface area contributed by atoms with Gasteiger partial charge in [-0.05, 0) is 19.8 Å². The van der Waals surface area contributed by atoms with Crippen molar-refractivity contribution >= 4 is 11.9 Å². The maximum Gasteiger partial charge on any atom is 0.406 e. The molecule has 0 spiro atoms. The lowest BCUT2D eigenvalue weighted by Crippen LogP contribution is -2.51. The molecule has 0 bridgehead atoms. The van der Waals surface area contributed by atoms with Crippen LogP contribution in [0.2, 0.25) is 0 Å². The van der Waals surface area contributed by atoms with Gasteiger partial charge in [0.2, 0.25) is 0 Å². The lowest BCUT2D eigenvalue weighted by molar-refractivity contribution is -0.227. The smallest absolute Gasteiger partial charge is 0.406 e. The number of halogens is 3. The van der Waals surface area contributed by atoms with Crippen LogP contribution in [0, 0.1) is 5.41 Å². The average molecular weight is 297 g/mol. The van der Waals surface area contributed by atoms with E-state index in [-0.39, 0.29) is 13.0 Å². The first-order chi connectivity index (χ1) is 9.04. The van der Waals surface area contributed by atoms with Gasteiger partial charge in [-0.25, -0.2) is 0 Å². The predicted octanol–water partition coefficient (Wildman–Crippen LogP) is 1.67. The number of rotatable bonds is 4. The Hall–Kier alpha value is -1.31. The number of ether oxygens (including phenoxy) is 1. The molecule has 0 aliphatic carbocycles. The van der Waals surface area contributed by atoms with Crippen molar-refractivity contribution < 1.29 is 32.6 Å². The van der Waals surface area contributed by atoms with Crippen LogP contribution >= 0.6 is 0 Å². The number of amides is 1. The Morgan fingerprint density at radius 2 is 1.95 bits per heavy atom. The lowest BCUT2D eigenvalue weighted by atomic mass is 9.86. The standard InChI is InChI=1S/C12H18F3NO4/c1-4-10(2,20-3)8(17)16-6-5-11(7-16,9(18)19)12(13,14)15/h4-7H2,1-3H3,(H,18,19). The van der Waals surface area contributed by atoms with Gasteiger partial charge in [-0.1, -0.05) is 6.92 Å². The number of hydrogen-bond donors (Lipinski definition) is 1. The molecule has 116 valence electrons. The summed E-state index contributed by atoms with van der Waals surface area (Å²) in [6.07, 6.45) is -5.25. The summed E-state index contributed by atoms with van der Waals surface area (Å²) in [6.45, 7) is 2.03. The second kappa shape index (κ2) is 5.23. The molecule has 2 unspecified atom stereocenters. The molecule has 1 amide bonds.